The van der Waals surface area contributed by atoms with Crippen molar-refractivity contribution in [2.45, 2.75) is 69.1 Å². The Labute approximate surface area is 220 Å². The average Bonchev–Trinajstić information content (AvgIpc) is 3.34. The Kier molecular flexibility index (Phi) is 13.7. The molecule has 0 saturated carbocycles. The van der Waals surface area contributed by atoms with Gasteiger partial charge in [-0.25, -0.2) is 4.79 Å². The molecule has 0 unspecified atom stereocenters. The summed E-state index contributed by atoms with van der Waals surface area (Å²) >= 11 is 0. The Morgan fingerprint density at radius 3 is 2.16 bits per heavy atom. The number of aliphatic carboxylic acids is 2. The molecule has 2 rings (SSSR count). The zero-order chi connectivity index (χ0) is 28.8. The molecular weight excluding hydrogens is 500 g/mol. The molecule has 0 aliphatic carbocycles. The van der Waals surface area contributed by atoms with Crippen LogP contribution in [0.4, 0.5) is 0 Å². The fraction of sp³-hybridized carbons (Fsp3) is 0.542. The van der Waals surface area contributed by atoms with Gasteiger partial charge in [0.15, 0.2) is 0 Å². The Balaban J connectivity index is 0.000000612. The Morgan fingerprint density at radius 1 is 1.00 bits per heavy atom. The summed E-state index contributed by atoms with van der Waals surface area (Å²) < 4.78 is 0. The molecule has 212 valence electrons. The first-order valence-electron chi connectivity index (χ1n) is 12.2. The molecule has 1 aromatic carbocycles. The van der Waals surface area contributed by atoms with Gasteiger partial charge in [0.05, 0.1) is 12.5 Å². The molecule has 3 amide bonds. The van der Waals surface area contributed by atoms with Gasteiger partial charge in [-0.3, -0.25) is 19.2 Å². The van der Waals surface area contributed by atoms with Gasteiger partial charge in [-0.05, 0) is 49.9 Å². The Morgan fingerprint density at radius 2 is 1.63 bits per heavy atom. The van der Waals surface area contributed by atoms with Gasteiger partial charge in [0.25, 0.3) is 0 Å². The third-order valence-corrected chi connectivity index (χ3v) is 5.85. The number of benzene rings is 1. The number of unbranched alkanes of at least 4 members (excludes halogenated alkanes) is 1. The maximum Gasteiger partial charge on any atom is 0.326 e. The zero-order valence-electron chi connectivity index (χ0n) is 21.1. The minimum absolute atomic E-state index is 0.0171. The summed E-state index contributed by atoms with van der Waals surface area (Å²) in [6, 6.07) is 2.06. The molecule has 1 heterocycles. The van der Waals surface area contributed by atoms with Crippen molar-refractivity contribution >= 4 is 29.7 Å². The molecule has 4 atom stereocenters. The van der Waals surface area contributed by atoms with Crippen molar-refractivity contribution < 1.29 is 39.3 Å². The van der Waals surface area contributed by atoms with Crippen molar-refractivity contribution in [1.82, 2.24) is 10.2 Å². The lowest BCUT2D eigenvalue weighted by Gasteiger charge is -2.27. The van der Waals surface area contributed by atoms with Crippen molar-refractivity contribution in [2.24, 2.45) is 22.9 Å². The fourth-order valence-corrected chi connectivity index (χ4v) is 3.79. The quantitative estimate of drug-likeness (QED) is 0.130. The molecule has 1 fully saturated rings. The highest BCUT2D eigenvalue weighted by atomic mass is 16.4. The normalized spacial score (nSPS) is 16.9. The summed E-state index contributed by atoms with van der Waals surface area (Å²) in [6.07, 6.45) is 2.78. The number of carbonyl (C=O) groups is 5. The second kappa shape index (κ2) is 16.2. The molecule has 0 bridgehead atoms. The van der Waals surface area contributed by atoms with Gasteiger partial charge in [-0.1, -0.05) is 18.6 Å². The largest absolute Gasteiger partial charge is 0.508 e. The number of phenols is 1. The molecule has 38 heavy (non-hydrogen) atoms. The smallest absolute Gasteiger partial charge is 0.326 e. The molecule has 1 aliphatic rings. The SMILES string of the molecule is NC(=O)C[C@H](N)C(=O)N1CCC[C@H]1C(=O)N[C@@H](Cc1ccc(O)cc1)C(=O)O.NCCCC[C@@H](N)C(=O)O. The molecular formula is C24H38N6O8. The van der Waals surface area contributed by atoms with Crippen LogP contribution in [0.25, 0.3) is 0 Å². The molecule has 0 aromatic heterocycles. The molecule has 0 spiro atoms. The summed E-state index contributed by atoms with van der Waals surface area (Å²) in [5.74, 6) is -3.99. The number of nitrogens with one attached hydrogen (secondary N) is 1. The number of carboxylic acid groups (broad SMARTS) is 2. The van der Waals surface area contributed by atoms with Crippen LogP contribution in [0.3, 0.4) is 0 Å². The van der Waals surface area contributed by atoms with Crippen LogP contribution in [0.15, 0.2) is 24.3 Å². The highest BCUT2D eigenvalue weighted by Gasteiger charge is 2.37. The first-order chi connectivity index (χ1) is 17.9. The van der Waals surface area contributed by atoms with Gasteiger partial charge < -0.3 is 48.5 Å². The minimum Gasteiger partial charge on any atom is -0.508 e. The number of nitrogens with two attached hydrogens (primary N) is 4. The van der Waals surface area contributed by atoms with Crippen molar-refractivity contribution in [2.75, 3.05) is 13.1 Å². The van der Waals surface area contributed by atoms with Crippen LogP contribution < -0.4 is 28.3 Å². The number of likely N-dealkylation sites (tertiary alicyclic amines) is 1. The van der Waals surface area contributed by atoms with E-state index in [0.717, 1.165) is 12.8 Å². The summed E-state index contributed by atoms with van der Waals surface area (Å²) in [7, 11) is 0. The van der Waals surface area contributed by atoms with E-state index in [9.17, 15) is 34.2 Å². The summed E-state index contributed by atoms with van der Waals surface area (Å²) in [4.78, 5) is 59.0. The van der Waals surface area contributed by atoms with Crippen molar-refractivity contribution in [3.63, 3.8) is 0 Å². The zero-order valence-corrected chi connectivity index (χ0v) is 21.1. The molecule has 14 heteroatoms. The number of carbonyl (C=O) groups excluding carboxylic acids is 3. The molecule has 1 aliphatic heterocycles. The van der Waals surface area contributed by atoms with Gasteiger partial charge in [-0.15, -0.1) is 0 Å². The molecule has 14 nitrogen and oxygen atoms in total. The second-order valence-electron chi connectivity index (χ2n) is 8.97. The van der Waals surface area contributed by atoms with E-state index in [1.165, 1.54) is 17.0 Å². The number of amides is 3. The second-order valence-corrected chi connectivity index (χ2v) is 8.97. The third-order valence-electron chi connectivity index (χ3n) is 5.85. The lowest BCUT2D eigenvalue weighted by Crippen LogP contribution is -2.54. The number of carboxylic acids is 2. The number of hydrogen-bond acceptors (Lipinski definition) is 9. The van der Waals surface area contributed by atoms with Crippen LogP contribution in [-0.4, -0.2) is 87.1 Å². The van der Waals surface area contributed by atoms with E-state index in [1.54, 1.807) is 12.1 Å². The first-order valence-corrected chi connectivity index (χ1v) is 12.2. The topological polar surface area (TPSA) is 265 Å². The maximum atomic E-state index is 12.6. The molecule has 1 aromatic rings. The summed E-state index contributed by atoms with van der Waals surface area (Å²) in [6.45, 7) is 0.894. The number of nitrogens with zero attached hydrogens (tertiary/aromatic N) is 1. The first kappa shape index (κ1) is 32.3. The van der Waals surface area contributed by atoms with Crippen molar-refractivity contribution in [1.29, 1.82) is 0 Å². The molecule has 1 saturated heterocycles. The van der Waals surface area contributed by atoms with Crippen molar-refractivity contribution in [3.8, 4) is 5.75 Å². The van der Waals surface area contributed by atoms with Crippen LogP contribution in [0.1, 0.15) is 44.1 Å². The monoisotopic (exact) mass is 538 g/mol. The van der Waals surface area contributed by atoms with Crippen LogP contribution in [0, 0.1) is 0 Å². The van der Waals surface area contributed by atoms with E-state index >= 15 is 0 Å². The van der Waals surface area contributed by atoms with Crippen LogP contribution >= 0.6 is 0 Å². The number of aromatic hydroxyl groups is 1. The van der Waals surface area contributed by atoms with Crippen molar-refractivity contribution in [3.05, 3.63) is 29.8 Å². The van der Waals surface area contributed by atoms with E-state index < -0.39 is 53.8 Å². The third kappa shape index (κ3) is 11.1. The number of phenolic OH excluding ortho intramolecular Hbond substituents is 1. The average molecular weight is 539 g/mol. The van der Waals surface area contributed by atoms with E-state index in [1.807, 2.05) is 0 Å². The van der Waals surface area contributed by atoms with E-state index in [4.69, 9.17) is 28.0 Å². The van der Waals surface area contributed by atoms with E-state index in [-0.39, 0.29) is 18.6 Å². The predicted octanol–water partition coefficient (Wildman–Crippen LogP) is -1.77. The predicted molar refractivity (Wildman–Crippen MR) is 136 cm³/mol. The Bertz CT molecular complexity index is 958. The van der Waals surface area contributed by atoms with Gasteiger partial charge in [0.2, 0.25) is 17.7 Å². The standard InChI is InChI=1S/C18H24N4O6.C6H14N2O2/c19-12(9-15(20)24)17(26)22-7-1-2-14(22)16(25)21-13(18(27)28)8-10-3-5-11(23)6-4-10;7-4-2-1-3-5(8)6(9)10/h3-6,12-14,23H,1-2,7-9,19H2,(H2,20,24)(H,21,25)(H,27,28);5H,1-4,7-8H2,(H,9,10)/t12-,13-,14-;5-/m01/s1. The van der Waals surface area contributed by atoms with Gasteiger partial charge >= 0.3 is 11.9 Å². The molecule has 0 radical (unpaired) electrons. The lowest BCUT2D eigenvalue weighted by molar-refractivity contribution is -0.144. The van der Waals surface area contributed by atoms with Gasteiger partial charge in [0.1, 0.15) is 23.9 Å². The Hall–Kier alpha value is -3.75. The number of rotatable bonds is 13. The number of hydrogen-bond donors (Lipinski definition) is 8. The van der Waals surface area contributed by atoms with Crippen LogP contribution in [0.2, 0.25) is 0 Å². The number of primary amides is 1. The highest BCUT2D eigenvalue weighted by molar-refractivity contribution is 5.93. The summed E-state index contributed by atoms with van der Waals surface area (Å²) in [5, 5.41) is 29.5. The minimum atomic E-state index is -1.22. The summed E-state index contributed by atoms with van der Waals surface area (Å²) in [5.41, 5.74) is 21.8. The van der Waals surface area contributed by atoms with E-state index in [2.05, 4.69) is 5.32 Å². The lowest BCUT2D eigenvalue weighted by atomic mass is 10.0. The highest BCUT2D eigenvalue weighted by Crippen LogP contribution is 2.19. The van der Waals surface area contributed by atoms with Gasteiger partial charge in [0, 0.05) is 13.0 Å². The fourth-order valence-electron chi connectivity index (χ4n) is 3.79. The van der Waals surface area contributed by atoms with E-state index in [0.29, 0.717) is 37.9 Å². The van der Waals surface area contributed by atoms with Crippen LogP contribution in [0.5, 0.6) is 5.75 Å². The van der Waals surface area contributed by atoms with Crippen LogP contribution in [-0.2, 0) is 30.4 Å². The van der Waals surface area contributed by atoms with Gasteiger partial charge in [-0.2, -0.15) is 0 Å². The maximum absolute atomic E-state index is 12.6. The molecule has 12 N–H and O–H groups in total.